The lowest BCUT2D eigenvalue weighted by Crippen LogP contribution is -2.18. The van der Waals surface area contributed by atoms with E-state index in [2.05, 4.69) is 0 Å². The minimum absolute atomic E-state index is 0.247. The molecule has 108 valence electrons. The van der Waals surface area contributed by atoms with E-state index >= 15 is 0 Å². The Kier molecular flexibility index (Phi) is 4.72. The Morgan fingerprint density at radius 2 is 1.86 bits per heavy atom. The number of carboxylic acids is 1. The molecule has 1 N–H and O–H groups in total. The molecular formula is C17H16FNO2. The molecule has 2 aromatic rings. The topological polar surface area (TPSA) is 40.5 Å². The van der Waals surface area contributed by atoms with Gasteiger partial charge in [-0.2, -0.15) is 0 Å². The number of para-hydroxylation sites is 1. The van der Waals surface area contributed by atoms with E-state index in [0.29, 0.717) is 12.1 Å². The van der Waals surface area contributed by atoms with Crippen LogP contribution in [0.4, 0.5) is 10.1 Å². The van der Waals surface area contributed by atoms with E-state index in [9.17, 15) is 9.18 Å². The number of carboxylic acid groups (broad SMARTS) is 1. The van der Waals surface area contributed by atoms with Gasteiger partial charge in [0, 0.05) is 30.9 Å². The molecule has 0 aromatic heterocycles. The first-order valence-corrected chi connectivity index (χ1v) is 6.52. The average Bonchev–Trinajstić information content (AvgIpc) is 2.47. The number of benzene rings is 2. The van der Waals surface area contributed by atoms with Crippen molar-refractivity contribution in [1.29, 1.82) is 0 Å². The molecule has 0 amide bonds. The van der Waals surface area contributed by atoms with E-state index in [0.717, 1.165) is 17.3 Å². The number of nitrogens with zero attached hydrogens (tertiary/aromatic N) is 1. The second-order valence-electron chi connectivity index (χ2n) is 4.68. The molecule has 4 heteroatoms. The molecular weight excluding hydrogens is 269 g/mol. The zero-order valence-corrected chi connectivity index (χ0v) is 11.7. The van der Waals surface area contributed by atoms with Gasteiger partial charge in [-0.3, -0.25) is 0 Å². The Morgan fingerprint density at radius 1 is 1.19 bits per heavy atom. The summed E-state index contributed by atoms with van der Waals surface area (Å²) >= 11 is 0. The van der Waals surface area contributed by atoms with Crippen molar-refractivity contribution < 1.29 is 14.3 Å². The van der Waals surface area contributed by atoms with Crippen molar-refractivity contribution in [3.63, 3.8) is 0 Å². The molecule has 21 heavy (non-hydrogen) atoms. The Hall–Kier alpha value is -2.62. The zero-order valence-electron chi connectivity index (χ0n) is 11.7. The highest BCUT2D eigenvalue weighted by atomic mass is 19.1. The van der Waals surface area contributed by atoms with Crippen LogP contribution in [0.1, 0.15) is 11.1 Å². The number of hydrogen-bond acceptors (Lipinski definition) is 2. The van der Waals surface area contributed by atoms with Gasteiger partial charge in [0.05, 0.1) is 0 Å². The molecule has 0 unspecified atom stereocenters. The van der Waals surface area contributed by atoms with Gasteiger partial charge in [0.1, 0.15) is 5.82 Å². The quantitative estimate of drug-likeness (QED) is 0.854. The van der Waals surface area contributed by atoms with Gasteiger partial charge in [0.25, 0.3) is 0 Å². The molecule has 0 saturated carbocycles. The maximum absolute atomic E-state index is 13.7. The summed E-state index contributed by atoms with van der Waals surface area (Å²) in [5.74, 6) is -1.25. The highest BCUT2D eigenvalue weighted by Gasteiger charge is 2.08. The third kappa shape index (κ3) is 3.92. The summed E-state index contributed by atoms with van der Waals surface area (Å²) in [6.45, 7) is 0.407. The number of hydrogen-bond donors (Lipinski definition) is 1. The first kappa shape index (κ1) is 14.8. The second-order valence-corrected chi connectivity index (χ2v) is 4.68. The molecule has 2 aromatic carbocycles. The molecule has 0 fully saturated rings. The summed E-state index contributed by atoms with van der Waals surface area (Å²) in [5, 5.41) is 8.73. The number of rotatable bonds is 5. The largest absolute Gasteiger partial charge is 0.478 e. The van der Waals surface area contributed by atoms with E-state index in [4.69, 9.17) is 5.11 Å². The van der Waals surface area contributed by atoms with Crippen LogP contribution in [0.5, 0.6) is 0 Å². The van der Waals surface area contributed by atoms with E-state index in [1.54, 1.807) is 18.2 Å². The molecule has 3 nitrogen and oxygen atoms in total. The number of carbonyl (C=O) groups is 1. The van der Waals surface area contributed by atoms with Crippen LogP contribution < -0.4 is 4.90 Å². The SMILES string of the molecule is CN(Cc1ccccc1F)c1ccccc1C=CC(=O)O. The van der Waals surface area contributed by atoms with Crippen molar-refractivity contribution in [2.24, 2.45) is 0 Å². The predicted molar refractivity (Wildman–Crippen MR) is 81.6 cm³/mol. The van der Waals surface area contributed by atoms with Gasteiger partial charge in [0.15, 0.2) is 0 Å². The summed E-state index contributed by atoms with van der Waals surface area (Å²) in [7, 11) is 1.85. The fraction of sp³-hybridized carbons (Fsp3) is 0.118. The van der Waals surface area contributed by atoms with Crippen LogP contribution in [0.15, 0.2) is 54.6 Å². The van der Waals surface area contributed by atoms with Crippen molar-refractivity contribution in [3.8, 4) is 0 Å². The van der Waals surface area contributed by atoms with E-state index in [1.807, 2.05) is 36.2 Å². The summed E-state index contributed by atoms with van der Waals surface area (Å²) in [6.07, 6.45) is 2.63. The van der Waals surface area contributed by atoms with Crippen LogP contribution in [0, 0.1) is 5.82 Å². The molecule has 0 bridgehead atoms. The fourth-order valence-corrected chi connectivity index (χ4v) is 2.10. The van der Waals surface area contributed by atoms with Gasteiger partial charge in [0.2, 0.25) is 0 Å². The van der Waals surface area contributed by atoms with Crippen LogP contribution in [-0.2, 0) is 11.3 Å². The number of aliphatic carboxylic acids is 1. The van der Waals surface area contributed by atoms with Crippen molar-refractivity contribution in [1.82, 2.24) is 0 Å². The molecule has 0 atom stereocenters. The van der Waals surface area contributed by atoms with Crippen molar-refractivity contribution in [2.75, 3.05) is 11.9 Å². The van der Waals surface area contributed by atoms with Gasteiger partial charge >= 0.3 is 5.97 Å². The first-order valence-electron chi connectivity index (χ1n) is 6.52. The van der Waals surface area contributed by atoms with Gasteiger partial charge in [-0.15, -0.1) is 0 Å². The van der Waals surface area contributed by atoms with Gasteiger partial charge in [-0.05, 0) is 23.8 Å². The highest BCUT2D eigenvalue weighted by Crippen LogP contribution is 2.23. The zero-order chi connectivity index (χ0) is 15.2. The Morgan fingerprint density at radius 3 is 2.57 bits per heavy atom. The van der Waals surface area contributed by atoms with Crippen LogP contribution in [-0.4, -0.2) is 18.1 Å². The molecule has 0 radical (unpaired) electrons. The van der Waals surface area contributed by atoms with Gasteiger partial charge in [-0.25, -0.2) is 9.18 Å². The lowest BCUT2D eigenvalue weighted by Gasteiger charge is -2.21. The van der Waals surface area contributed by atoms with Crippen LogP contribution in [0.2, 0.25) is 0 Å². The molecule has 0 saturated heterocycles. The van der Waals surface area contributed by atoms with Gasteiger partial charge in [-0.1, -0.05) is 36.4 Å². The first-order chi connectivity index (χ1) is 10.1. The summed E-state index contributed by atoms with van der Waals surface area (Å²) in [5.41, 5.74) is 2.22. The Balaban J connectivity index is 2.25. The monoisotopic (exact) mass is 285 g/mol. The molecule has 0 heterocycles. The lowest BCUT2D eigenvalue weighted by atomic mass is 10.1. The minimum Gasteiger partial charge on any atom is -0.478 e. The standard InChI is InChI=1S/C17H16FNO2/c1-19(12-14-7-2-4-8-15(14)18)16-9-5-3-6-13(16)10-11-17(20)21/h2-11H,12H2,1H3,(H,20,21). The van der Waals surface area contributed by atoms with Crippen molar-refractivity contribution in [2.45, 2.75) is 6.54 Å². The molecule has 0 spiro atoms. The Labute approximate surface area is 123 Å². The fourth-order valence-electron chi connectivity index (χ4n) is 2.10. The lowest BCUT2D eigenvalue weighted by molar-refractivity contribution is -0.131. The molecule has 2 rings (SSSR count). The van der Waals surface area contributed by atoms with Crippen LogP contribution >= 0.6 is 0 Å². The maximum atomic E-state index is 13.7. The number of anilines is 1. The Bertz CT molecular complexity index is 667. The second kappa shape index (κ2) is 6.70. The minimum atomic E-state index is -0.999. The van der Waals surface area contributed by atoms with E-state index < -0.39 is 5.97 Å². The molecule has 0 aliphatic rings. The molecule has 0 aliphatic carbocycles. The van der Waals surface area contributed by atoms with Crippen molar-refractivity contribution >= 4 is 17.7 Å². The van der Waals surface area contributed by atoms with E-state index in [1.165, 1.54) is 12.1 Å². The average molecular weight is 285 g/mol. The highest BCUT2D eigenvalue weighted by molar-refractivity contribution is 5.86. The molecule has 0 aliphatic heterocycles. The van der Waals surface area contributed by atoms with E-state index in [-0.39, 0.29) is 5.82 Å². The third-order valence-corrected chi connectivity index (χ3v) is 3.12. The normalized spacial score (nSPS) is 10.8. The summed E-state index contributed by atoms with van der Waals surface area (Å²) in [6, 6.07) is 14.0. The van der Waals surface area contributed by atoms with Crippen LogP contribution in [0.3, 0.4) is 0 Å². The van der Waals surface area contributed by atoms with Gasteiger partial charge < -0.3 is 10.0 Å². The maximum Gasteiger partial charge on any atom is 0.328 e. The summed E-state index contributed by atoms with van der Waals surface area (Å²) in [4.78, 5) is 12.5. The summed E-state index contributed by atoms with van der Waals surface area (Å²) < 4.78 is 13.7. The van der Waals surface area contributed by atoms with Crippen LogP contribution in [0.25, 0.3) is 6.08 Å². The predicted octanol–water partition coefficient (Wildman–Crippen LogP) is 3.56. The third-order valence-electron chi connectivity index (χ3n) is 3.12. The smallest absolute Gasteiger partial charge is 0.328 e. The van der Waals surface area contributed by atoms with Crippen molar-refractivity contribution in [3.05, 3.63) is 71.6 Å². The number of halogens is 1.